The third-order valence-corrected chi connectivity index (χ3v) is 3.02. The molecule has 0 aliphatic carbocycles. The van der Waals surface area contributed by atoms with Crippen molar-refractivity contribution >= 4 is 11.6 Å². The zero-order valence-corrected chi connectivity index (χ0v) is 12.7. The van der Waals surface area contributed by atoms with E-state index < -0.39 is 0 Å². The van der Waals surface area contributed by atoms with Gasteiger partial charge in [-0.05, 0) is 37.6 Å². The quantitative estimate of drug-likeness (QED) is 0.752. The second kappa shape index (κ2) is 8.72. The van der Waals surface area contributed by atoms with Gasteiger partial charge in [-0.25, -0.2) is 0 Å². The molecule has 0 aliphatic heterocycles. The lowest BCUT2D eigenvalue weighted by Crippen LogP contribution is -2.13. The highest BCUT2D eigenvalue weighted by molar-refractivity contribution is 5.92. The van der Waals surface area contributed by atoms with Crippen LogP contribution in [0, 0.1) is 0 Å². The van der Waals surface area contributed by atoms with Gasteiger partial charge in [0.1, 0.15) is 11.5 Å². The first-order valence-corrected chi connectivity index (χ1v) is 7.49. The van der Waals surface area contributed by atoms with Gasteiger partial charge in [0, 0.05) is 6.42 Å². The summed E-state index contributed by atoms with van der Waals surface area (Å²) in [5.41, 5.74) is 0.707. The lowest BCUT2D eigenvalue weighted by molar-refractivity contribution is -0.116. The Kier molecular flexibility index (Phi) is 6.30. The van der Waals surface area contributed by atoms with Crippen LogP contribution in [0.4, 0.5) is 5.69 Å². The standard InChI is InChI=1S/C18H21NO3/c1-2-21-17-12-7-6-11-16(17)19-18(20)13-8-14-22-15-9-4-3-5-10-15/h3-7,9-12H,2,8,13-14H2,1H3,(H,19,20). The third-order valence-electron chi connectivity index (χ3n) is 3.02. The zero-order valence-electron chi connectivity index (χ0n) is 12.7. The molecule has 0 aromatic heterocycles. The van der Waals surface area contributed by atoms with Crippen molar-refractivity contribution in [2.24, 2.45) is 0 Å². The molecule has 4 nitrogen and oxygen atoms in total. The zero-order chi connectivity index (χ0) is 15.6. The van der Waals surface area contributed by atoms with Gasteiger partial charge in [0.15, 0.2) is 0 Å². The summed E-state index contributed by atoms with van der Waals surface area (Å²) in [7, 11) is 0. The van der Waals surface area contributed by atoms with E-state index in [1.165, 1.54) is 0 Å². The van der Waals surface area contributed by atoms with Crippen LogP contribution in [0.15, 0.2) is 54.6 Å². The number of benzene rings is 2. The summed E-state index contributed by atoms with van der Waals surface area (Å²) in [6.07, 6.45) is 1.07. The van der Waals surface area contributed by atoms with Gasteiger partial charge in [0.05, 0.1) is 18.9 Å². The van der Waals surface area contributed by atoms with Gasteiger partial charge in [0.25, 0.3) is 0 Å². The van der Waals surface area contributed by atoms with Gasteiger partial charge in [-0.2, -0.15) is 0 Å². The second-order valence-corrected chi connectivity index (χ2v) is 4.74. The first-order valence-electron chi connectivity index (χ1n) is 7.49. The Labute approximate surface area is 131 Å². The average Bonchev–Trinajstić information content (AvgIpc) is 2.55. The lowest BCUT2D eigenvalue weighted by Gasteiger charge is -2.11. The van der Waals surface area contributed by atoms with Crippen molar-refractivity contribution in [1.29, 1.82) is 0 Å². The maximum Gasteiger partial charge on any atom is 0.224 e. The molecular formula is C18H21NO3. The smallest absolute Gasteiger partial charge is 0.224 e. The fourth-order valence-corrected chi connectivity index (χ4v) is 2.00. The van der Waals surface area contributed by atoms with E-state index in [0.29, 0.717) is 37.5 Å². The number of carbonyl (C=O) groups excluding carboxylic acids is 1. The van der Waals surface area contributed by atoms with E-state index in [1.54, 1.807) is 0 Å². The maximum atomic E-state index is 12.0. The molecule has 22 heavy (non-hydrogen) atoms. The summed E-state index contributed by atoms with van der Waals surface area (Å²) < 4.78 is 11.0. The van der Waals surface area contributed by atoms with Crippen LogP contribution in [0.2, 0.25) is 0 Å². The van der Waals surface area contributed by atoms with E-state index in [0.717, 1.165) is 5.75 Å². The van der Waals surface area contributed by atoms with Gasteiger partial charge in [-0.3, -0.25) is 4.79 Å². The molecule has 0 aliphatic rings. The van der Waals surface area contributed by atoms with Crippen LogP contribution in [-0.2, 0) is 4.79 Å². The number of anilines is 1. The van der Waals surface area contributed by atoms with E-state index >= 15 is 0 Å². The Morgan fingerprint density at radius 2 is 1.73 bits per heavy atom. The fourth-order valence-electron chi connectivity index (χ4n) is 2.00. The first-order chi connectivity index (χ1) is 10.8. The molecule has 4 heteroatoms. The topological polar surface area (TPSA) is 47.6 Å². The van der Waals surface area contributed by atoms with Gasteiger partial charge in [0.2, 0.25) is 5.91 Å². The van der Waals surface area contributed by atoms with Crippen molar-refractivity contribution in [2.75, 3.05) is 18.5 Å². The summed E-state index contributed by atoms with van der Waals surface area (Å²) in [4.78, 5) is 12.0. The summed E-state index contributed by atoms with van der Waals surface area (Å²) in [5.74, 6) is 1.48. The molecule has 0 bridgehead atoms. The Morgan fingerprint density at radius 3 is 2.50 bits per heavy atom. The van der Waals surface area contributed by atoms with E-state index in [-0.39, 0.29) is 5.91 Å². The number of para-hydroxylation sites is 3. The second-order valence-electron chi connectivity index (χ2n) is 4.74. The van der Waals surface area contributed by atoms with Crippen molar-refractivity contribution in [1.82, 2.24) is 0 Å². The summed E-state index contributed by atoms with van der Waals surface area (Å²) in [6.45, 7) is 3.00. The minimum atomic E-state index is -0.0381. The number of nitrogens with one attached hydrogen (secondary N) is 1. The Bertz CT molecular complexity index is 584. The summed E-state index contributed by atoms with van der Waals surface area (Å²) in [5, 5.41) is 2.87. The highest BCUT2D eigenvalue weighted by atomic mass is 16.5. The molecular weight excluding hydrogens is 278 g/mol. The van der Waals surface area contributed by atoms with Crippen LogP contribution >= 0.6 is 0 Å². The molecule has 2 aromatic rings. The molecule has 0 saturated carbocycles. The monoisotopic (exact) mass is 299 g/mol. The number of hydrogen-bond acceptors (Lipinski definition) is 3. The number of hydrogen-bond donors (Lipinski definition) is 1. The Balaban J connectivity index is 1.74. The predicted octanol–water partition coefficient (Wildman–Crippen LogP) is 3.88. The molecule has 0 atom stereocenters. The molecule has 2 rings (SSSR count). The van der Waals surface area contributed by atoms with Crippen molar-refractivity contribution in [3.63, 3.8) is 0 Å². The molecule has 2 aromatic carbocycles. The van der Waals surface area contributed by atoms with Crippen molar-refractivity contribution in [3.8, 4) is 11.5 Å². The number of amides is 1. The van der Waals surface area contributed by atoms with Crippen LogP contribution in [0.3, 0.4) is 0 Å². The number of rotatable bonds is 8. The minimum absolute atomic E-state index is 0.0381. The molecule has 0 spiro atoms. The van der Waals surface area contributed by atoms with Gasteiger partial charge < -0.3 is 14.8 Å². The number of ether oxygens (including phenoxy) is 2. The average molecular weight is 299 g/mol. The predicted molar refractivity (Wildman–Crippen MR) is 87.4 cm³/mol. The molecule has 1 amide bonds. The molecule has 0 saturated heterocycles. The largest absolute Gasteiger partial charge is 0.494 e. The molecule has 116 valence electrons. The maximum absolute atomic E-state index is 12.0. The minimum Gasteiger partial charge on any atom is -0.494 e. The van der Waals surface area contributed by atoms with Crippen molar-refractivity contribution in [2.45, 2.75) is 19.8 Å². The molecule has 1 N–H and O–H groups in total. The van der Waals surface area contributed by atoms with Crippen LogP contribution < -0.4 is 14.8 Å². The van der Waals surface area contributed by atoms with E-state index in [4.69, 9.17) is 9.47 Å². The summed E-state index contributed by atoms with van der Waals surface area (Å²) >= 11 is 0. The fraction of sp³-hybridized carbons (Fsp3) is 0.278. The van der Waals surface area contributed by atoms with Gasteiger partial charge in [-0.15, -0.1) is 0 Å². The Hall–Kier alpha value is -2.49. The van der Waals surface area contributed by atoms with Crippen LogP contribution in [0.25, 0.3) is 0 Å². The Morgan fingerprint density at radius 1 is 1.00 bits per heavy atom. The molecule has 0 heterocycles. The highest BCUT2D eigenvalue weighted by Crippen LogP contribution is 2.23. The molecule has 0 radical (unpaired) electrons. The highest BCUT2D eigenvalue weighted by Gasteiger charge is 2.07. The van der Waals surface area contributed by atoms with E-state index in [2.05, 4.69) is 5.32 Å². The SMILES string of the molecule is CCOc1ccccc1NC(=O)CCCOc1ccccc1. The number of carbonyl (C=O) groups is 1. The van der Waals surface area contributed by atoms with Crippen LogP contribution in [0.5, 0.6) is 11.5 Å². The normalized spacial score (nSPS) is 10.0. The van der Waals surface area contributed by atoms with Crippen LogP contribution in [-0.4, -0.2) is 19.1 Å². The van der Waals surface area contributed by atoms with Gasteiger partial charge >= 0.3 is 0 Å². The molecule has 0 unspecified atom stereocenters. The lowest BCUT2D eigenvalue weighted by atomic mass is 10.2. The third kappa shape index (κ3) is 5.13. The van der Waals surface area contributed by atoms with Gasteiger partial charge in [-0.1, -0.05) is 30.3 Å². The molecule has 0 fully saturated rings. The van der Waals surface area contributed by atoms with Crippen LogP contribution in [0.1, 0.15) is 19.8 Å². The van der Waals surface area contributed by atoms with Crippen molar-refractivity contribution in [3.05, 3.63) is 54.6 Å². The summed E-state index contributed by atoms with van der Waals surface area (Å²) in [6, 6.07) is 17.0. The van der Waals surface area contributed by atoms with Crippen molar-refractivity contribution < 1.29 is 14.3 Å². The van der Waals surface area contributed by atoms with E-state index in [9.17, 15) is 4.79 Å². The first kappa shape index (κ1) is 15.9. The van der Waals surface area contributed by atoms with E-state index in [1.807, 2.05) is 61.5 Å².